The van der Waals surface area contributed by atoms with E-state index in [9.17, 15) is 18.0 Å². The second-order valence-electron chi connectivity index (χ2n) is 7.11. The summed E-state index contributed by atoms with van der Waals surface area (Å²) >= 11 is 12.0. The van der Waals surface area contributed by atoms with Crippen LogP contribution in [0, 0.1) is 0 Å². The minimum atomic E-state index is -3.87. The molecular formula is C20H21Cl2N3O5S. The van der Waals surface area contributed by atoms with Crippen LogP contribution in [0.15, 0.2) is 47.4 Å². The number of aromatic carboxylic acids is 1. The molecule has 0 atom stereocenters. The molecule has 8 nitrogen and oxygen atoms in total. The van der Waals surface area contributed by atoms with E-state index < -0.39 is 16.0 Å². The molecule has 0 bridgehead atoms. The van der Waals surface area contributed by atoms with Gasteiger partial charge in [-0.05, 0) is 48.7 Å². The molecule has 3 N–H and O–H groups in total. The van der Waals surface area contributed by atoms with Gasteiger partial charge < -0.3 is 15.3 Å². The number of carbonyl (C=O) groups is 2. The number of nitrogens with one attached hydrogen (secondary N) is 2. The number of hydrogen-bond acceptors (Lipinski definition) is 4. The Labute approximate surface area is 190 Å². The molecule has 0 aliphatic carbocycles. The quantitative estimate of drug-likeness (QED) is 0.579. The van der Waals surface area contributed by atoms with Crippen LogP contribution in [0.4, 0.5) is 4.79 Å². The molecule has 11 heteroatoms. The summed E-state index contributed by atoms with van der Waals surface area (Å²) in [5.74, 6) is -1.20. The van der Waals surface area contributed by atoms with Crippen molar-refractivity contribution in [2.24, 2.45) is 0 Å². The van der Waals surface area contributed by atoms with Gasteiger partial charge in [0.1, 0.15) is 0 Å². The molecule has 0 radical (unpaired) electrons. The Kier molecular flexibility index (Phi) is 7.42. The number of carboxylic acids is 1. The fourth-order valence-electron chi connectivity index (χ4n) is 3.23. The first-order chi connectivity index (χ1) is 14.7. The SMILES string of the molecule is O=C(O)c1cccc(S(=O)(=O)NC2CCN(C(=O)NCc3ccc(Cl)cc3Cl)CC2)c1. The molecule has 0 saturated carbocycles. The molecule has 0 aromatic heterocycles. The molecule has 3 rings (SSSR count). The highest BCUT2D eigenvalue weighted by Crippen LogP contribution is 2.21. The van der Waals surface area contributed by atoms with Crippen LogP contribution in [0.1, 0.15) is 28.8 Å². The van der Waals surface area contributed by atoms with Gasteiger partial charge in [0.05, 0.1) is 10.5 Å². The van der Waals surface area contributed by atoms with Crippen molar-refractivity contribution in [3.8, 4) is 0 Å². The van der Waals surface area contributed by atoms with E-state index in [-0.39, 0.29) is 29.1 Å². The van der Waals surface area contributed by atoms with Crippen molar-refractivity contribution < 1.29 is 23.1 Å². The van der Waals surface area contributed by atoms with Crippen molar-refractivity contribution in [3.05, 3.63) is 63.6 Å². The molecular weight excluding hydrogens is 465 g/mol. The minimum absolute atomic E-state index is 0.102. The first kappa shape index (κ1) is 23.3. The number of halogens is 2. The molecule has 0 unspecified atom stereocenters. The van der Waals surface area contributed by atoms with Gasteiger partial charge in [0, 0.05) is 35.7 Å². The van der Waals surface area contributed by atoms with Crippen LogP contribution in [0.5, 0.6) is 0 Å². The lowest BCUT2D eigenvalue weighted by Crippen LogP contribution is -2.49. The molecule has 1 aliphatic heterocycles. The van der Waals surface area contributed by atoms with Crippen LogP contribution in [0.3, 0.4) is 0 Å². The third kappa shape index (κ3) is 6.10. The summed E-state index contributed by atoms with van der Waals surface area (Å²) in [6.45, 7) is 1.01. The zero-order chi connectivity index (χ0) is 22.6. The summed E-state index contributed by atoms with van der Waals surface area (Å²) < 4.78 is 27.8. The monoisotopic (exact) mass is 485 g/mol. The van der Waals surface area contributed by atoms with Crippen LogP contribution >= 0.6 is 23.2 Å². The fourth-order valence-corrected chi connectivity index (χ4v) is 5.06. The Morgan fingerprint density at radius 2 is 1.81 bits per heavy atom. The van der Waals surface area contributed by atoms with Crippen LogP contribution in [-0.2, 0) is 16.6 Å². The van der Waals surface area contributed by atoms with Gasteiger partial charge in [0.25, 0.3) is 0 Å². The Bertz CT molecular complexity index is 1090. The van der Waals surface area contributed by atoms with Crippen molar-refractivity contribution >= 4 is 45.2 Å². The molecule has 1 heterocycles. The summed E-state index contributed by atoms with van der Waals surface area (Å²) in [5.41, 5.74) is 0.640. The van der Waals surface area contributed by atoms with Gasteiger partial charge in [0.15, 0.2) is 0 Å². The molecule has 31 heavy (non-hydrogen) atoms. The van der Waals surface area contributed by atoms with E-state index in [4.69, 9.17) is 28.3 Å². The first-order valence-electron chi connectivity index (χ1n) is 9.48. The predicted octanol–water partition coefficient (Wildman–Crippen LogP) is 3.34. The largest absolute Gasteiger partial charge is 0.478 e. The van der Waals surface area contributed by atoms with Crippen molar-refractivity contribution in [1.82, 2.24) is 14.9 Å². The number of benzene rings is 2. The van der Waals surface area contributed by atoms with E-state index in [0.29, 0.717) is 36.0 Å². The highest BCUT2D eigenvalue weighted by molar-refractivity contribution is 7.89. The van der Waals surface area contributed by atoms with E-state index in [1.165, 1.54) is 18.2 Å². The van der Waals surface area contributed by atoms with Crippen LogP contribution in [0.2, 0.25) is 10.0 Å². The van der Waals surface area contributed by atoms with Gasteiger partial charge in [-0.15, -0.1) is 0 Å². The molecule has 1 aliphatic rings. The van der Waals surface area contributed by atoms with Gasteiger partial charge in [-0.2, -0.15) is 0 Å². The lowest BCUT2D eigenvalue weighted by atomic mass is 10.1. The molecule has 0 spiro atoms. The number of carbonyl (C=O) groups excluding carboxylic acids is 1. The number of hydrogen-bond donors (Lipinski definition) is 3. The van der Waals surface area contributed by atoms with E-state index in [1.807, 2.05) is 0 Å². The number of urea groups is 1. The Hall–Kier alpha value is -2.33. The number of amides is 2. The standard InChI is InChI=1S/C20H21Cl2N3O5S/c21-15-5-4-14(18(22)11-15)12-23-20(28)25-8-6-16(7-9-25)24-31(29,30)17-3-1-2-13(10-17)19(26)27/h1-5,10-11,16,24H,6-9,12H2,(H,23,28)(H,26,27). The van der Waals surface area contributed by atoms with E-state index in [2.05, 4.69) is 10.0 Å². The average molecular weight is 486 g/mol. The van der Waals surface area contributed by atoms with Gasteiger partial charge in [0.2, 0.25) is 10.0 Å². The molecule has 2 aromatic rings. The zero-order valence-corrected chi connectivity index (χ0v) is 18.7. The topological polar surface area (TPSA) is 116 Å². The Balaban J connectivity index is 1.52. The third-order valence-electron chi connectivity index (χ3n) is 4.94. The highest BCUT2D eigenvalue weighted by Gasteiger charge is 2.27. The van der Waals surface area contributed by atoms with E-state index in [0.717, 1.165) is 11.6 Å². The maximum atomic E-state index is 12.6. The van der Waals surface area contributed by atoms with Gasteiger partial charge in [-0.1, -0.05) is 35.3 Å². The molecule has 2 aromatic carbocycles. The second-order valence-corrected chi connectivity index (χ2v) is 9.67. The lowest BCUT2D eigenvalue weighted by Gasteiger charge is -2.32. The maximum Gasteiger partial charge on any atom is 0.335 e. The summed E-state index contributed by atoms with van der Waals surface area (Å²) in [6.07, 6.45) is 0.875. The third-order valence-corrected chi connectivity index (χ3v) is 7.05. The number of nitrogens with zero attached hydrogens (tertiary/aromatic N) is 1. The first-order valence-corrected chi connectivity index (χ1v) is 11.7. The number of rotatable bonds is 6. The molecule has 1 saturated heterocycles. The van der Waals surface area contributed by atoms with Gasteiger partial charge >= 0.3 is 12.0 Å². The summed E-state index contributed by atoms with van der Waals surface area (Å²) in [5, 5.41) is 12.8. The second kappa shape index (κ2) is 9.86. The van der Waals surface area contributed by atoms with Crippen LogP contribution < -0.4 is 10.0 Å². The van der Waals surface area contributed by atoms with Crippen molar-refractivity contribution in [2.75, 3.05) is 13.1 Å². The smallest absolute Gasteiger partial charge is 0.335 e. The highest BCUT2D eigenvalue weighted by atomic mass is 35.5. The van der Waals surface area contributed by atoms with Gasteiger partial charge in [-0.3, -0.25) is 0 Å². The average Bonchev–Trinajstić information content (AvgIpc) is 2.73. The number of sulfonamides is 1. The predicted molar refractivity (Wildman–Crippen MR) is 117 cm³/mol. The Morgan fingerprint density at radius 1 is 1.10 bits per heavy atom. The van der Waals surface area contributed by atoms with Crippen molar-refractivity contribution in [3.63, 3.8) is 0 Å². The molecule has 166 valence electrons. The Morgan fingerprint density at radius 3 is 2.45 bits per heavy atom. The fraction of sp³-hybridized carbons (Fsp3) is 0.300. The van der Waals surface area contributed by atoms with E-state index >= 15 is 0 Å². The minimum Gasteiger partial charge on any atom is -0.478 e. The van der Waals surface area contributed by atoms with Crippen molar-refractivity contribution in [2.45, 2.75) is 30.3 Å². The maximum absolute atomic E-state index is 12.6. The number of piperidine rings is 1. The van der Waals surface area contributed by atoms with Crippen LogP contribution in [-0.4, -0.2) is 49.6 Å². The van der Waals surface area contributed by atoms with Crippen LogP contribution in [0.25, 0.3) is 0 Å². The number of likely N-dealkylation sites (tertiary alicyclic amines) is 1. The number of carboxylic acid groups (broad SMARTS) is 1. The summed E-state index contributed by atoms with van der Waals surface area (Å²) in [6, 6.07) is 9.61. The lowest BCUT2D eigenvalue weighted by molar-refractivity contribution is 0.0696. The van der Waals surface area contributed by atoms with Crippen molar-refractivity contribution in [1.29, 1.82) is 0 Å². The molecule has 1 fully saturated rings. The van der Waals surface area contributed by atoms with Gasteiger partial charge in [-0.25, -0.2) is 22.7 Å². The summed E-state index contributed by atoms with van der Waals surface area (Å²) in [7, 11) is -3.87. The zero-order valence-electron chi connectivity index (χ0n) is 16.3. The van der Waals surface area contributed by atoms with E-state index in [1.54, 1.807) is 23.1 Å². The molecule has 2 amide bonds. The normalized spacial score (nSPS) is 15.0. The summed E-state index contributed by atoms with van der Waals surface area (Å²) in [4.78, 5) is 25.0.